The number of primary amides is 2. The number of hydrogen-bond acceptors (Lipinski definition) is 5. The maximum atomic E-state index is 12.8. The minimum atomic E-state index is -1.20. The van der Waals surface area contributed by atoms with Crippen molar-refractivity contribution in [2.75, 3.05) is 0 Å². The van der Waals surface area contributed by atoms with E-state index in [1.54, 1.807) is 0 Å². The van der Waals surface area contributed by atoms with Crippen LogP contribution in [-0.4, -0.2) is 46.8 Å². The number of nitrogens with two attached hydrogens (primary N) is 2. The van der Waals surface area contributed by atoms with E-state index < -0.39 is 41.7 Å². The molecule has 0 saturated heterocycles. The lowest BCUT2D eigenvalue weighted by Crippen LogP contribution is -2.53. The number of aliphatic carboxylic acids is 1. The Bertz CT molecular complexity index is 1360. The monoisotopic (exact) mass is 558 g/mol. The topological polar surface area (TPSA) is 182 Å². The zero-order chi connectivity index (χ0) is 29.8. The van der Waals surface area contributed by atoms with E-state index in [1.807, 2.05) is 42.5 Å². The summed E-state index contributed by atoms with van der Waals surface area (Å²) in [5, 5.41) is 14.0. The van der Waals surface area contributed by atoms with Crippen LogP contribution in [0, 0.1) is 0 Å². The third-order valence-electron chi connectivity index (χ3n) is 6.56. The molecule has 2 atom stereocenters. The molecule has 41 heavy (non-hydrogen) atoms. The Morgan fingerprint density at radius 2 is 1.15 bits per heavy atom. The van der Waals surface area contributed by atoms with Crippen molar-refractivity contribution in [3.8, 4) is 22.3 Å². The maximum Gasteiger partial charge on any atom is 0.303 e. The minimum Gasteiger partial charge on any atom is -0.481 e. The van der Waals surface area contributed by atoms with Crippen molar-refractivity contribution >= 4 is 29.6 Å². The zero-order valence-electron chi connectivity index (χ0n) is 22.5. The van der Waals surface area contributed by atoms with Gasteiger partial charge in [-0.3, -0.25) is 24.0 Å². The summed E-state index contributed by atoms with van der Waals surface area (Å²) in [7, 11) is 0. The second-order valence-corrected chi connectivity index (χ2v) is 9.66. The lowest BCUT2D eigenvalue weighted by atomic mass is 9.99. The molecule has 3 aromatic carbocycles. The molecule has 0 aliphatic carbocycles. The van der Waals surface area contributed by atoms with E-state index in [-0.39, 0.29) is 32.1 Å². The van der Waals surface area contributed by atoms with Gasteiger partial charge in [0.25, 0.3) is 0 Å². The first-order valence-corrected chi connectivity index (χ1v) is 13.3. The van der Waals surface area contributed by atoms with Crippen LogP contribution < -0.4 is 22.1 Å². The molecule has 214 valence electrons. The Morgan fingerprint density at radius 1 is 0.634 bits per heavy atom. The number of aryl methyl sites for hydroxylation is 1. The molecule has 3 rings (SSSR count). The quantitative estimate of drug-likeness (QED) is 0.191. The average Bonchev–Trinajstić information content (AvgIpc) is 2.96. The first kappa shape index (κ1) is 30.6. The van der Waals surface area contributed by atoms with E-state index in [0.717, 1.165) is 27.8 Å². The van der Waals surface area contributed by atoms with Gasteiger partial charge in [0.15, 0.2) is 0 Å². The van der Waals surface area contributed by atoms with Gasteiger partial charge in [0.05, 0.1) is 0 Å². The van der Waals surface area contributed by atoms with Crippen molar-refractivity contribution in [3.63, 3.8) is 0 Å². The highest BCUT2D eigenvalue weighted by Gasteiger charge is 2.26. The normalized spacial score (nSPS) is 12.1. The number of carbonyl (C=O) groups is 5. The molecule has 0 radical (unpaired) electrons. The highest BCUT2D eigenvalue weighted by Crippen LogP contribution is 2.25. The largest absolute Gasteiger partial charge is 0.481 e. The van der Waals surface area contributed by atoms with Crippen LogP contribution in [0.25, 0.3) is 22.3 Å². The van der Waals surface area contributed by atoms with E-state index in [1.165, 1.54) is 0 Å². The molecule has 0 heterocycles. The summed E-state index contributed by atoms with van der Waals surface area (Å²) in [6.07, 6.45) is -0.403. The van der Waals surface area contributed by atoms with Crippen molar-refractivity contribution in [2.45, 2.75) is 50.6 Å². The van der Waals surface area contributed by atoms with Crippen LogP contribution in [-0.2, 0) is 30.4 Å². The fourth-order valence-electron chi connectivity index (χ4n) is 4.26. The van der Waals surface area contributed by atoms with Crippen LogP contribution in [0.1, 0.15) is 37.7 Å². The summed E-state index contributed by atoms with van der Waals surface area (Å²) in [5.74, 6) is -3.92. The number of nitrogens with one attached hydrogen (secondary N) is 2. The number of amides is 4. The molecule has 7 N–H and O–H groups in total. The standard InChI is InChI=1S/C31H34N4O6/c32-27(36)17-15-25(30(33)40)35-31(41)26(16-19-29(38)39)34-28(37)18-8-20-6-9-22(10-7-20)24-13-11-23(12-14-24)21-4-2-1-3-5-21/h1-7,9-14,25-26H,8,15-19H2,(H2,32,36)(H2,33,40)(H,34,37)(H,35,41)(H,38,39)/t25-,26?/m0/s1. The summed E-state index contributed by atoms with van der Waals surface area (Å²) in [5.41, 5.74) is 15.7. The Morgan fingerprint density at radius 3 is 1.66 bits per heavy atom. The zero-order valence-corrected chi connectivity index (χ0v) is 22.5. The summed E-state index contributed by atoms with van der Waals surface area (Å²) < 4.78 is 0. The molecule has 0 saturated carbocycles. The Labute approximate surface area is 238 Å². The average molecular weight is 559 g/mol. The van der Waals surface area contributed by atoms with Crippen LogP contribution in [0.3, 0.4) is 0 Å². The highest BCUT2D eigenvalue weighted by molar-refractivity contribution is 5.92. The molecule has 0 aliphatic rings. The Kier molecular flexibility index (Phi) is 11.2. The van der Waals surface area contributed by atoms with E-state index >= 15 is 0 Å². The maximum absolute atomic E-state index is 12.8. The van der Waals surface area contributed by atoms with Gasteiger partial charge in [0, 0.05) is 19.3 Å². The molecule has 0 fully saturated rings. The van der Waals surface area contributed by atoms with Gasteiger partial charge >= 0.3 is 5.97 Å². The highest BCUT2D eigenvalue weighted by atomic mass is 16.4. The number of rotatable bonds is 15. The predicted molar refractivity (Wildman–Crippen MR) is 154 cm³/mol. The van der Waals surface area contributed by atoms with E-state index in [0.29, 0.717) is 6.42 Å². The van der Waals surface area contributed by atoms with Crippen LogP contribution >= 0.6 is 0 Å². The van der Waals surface area contributed by atoms with Crippen LogP contribution in [0.4, 0.5) is 0 Å². The second kappa shape index (κ2) is 15.0. The van der Waals surface area contributed by atoms with E-state index in [9.17, 15) is 24.0 Å². The molecule has 4 amide bonds. The van der Waals surface area contributed by atoms with Crippen molar-refractivity contribution in [1.29, 1.82) is 0 Å². The molecule has 0 aromatic heterocycles. The molecular weight excluding hydrogens is 524 g/mol. The van der Waals surface area contributed by atoms with Crippen molar-refractivity contribution in [2.24, 2.45) is 11.5 Å². The van der Waals surface area contributed by atoms with Crippen molar-refractivity contribution in [1.82, 2.24) is 10.6 Å². The van der Waals surface area contributed by atoms with Gasteiger partial charge in [-0.1, -0.05) is 78.9 Å². The lowest BCUT2D eigenvalue weighted by Gasteiger charge is -2.21. The SMILES string of the molecule is NC(=O)CC[C@H](NC(=O)C(CCC(=O)O)NC(=O)CCc1ccc(-c2ccc(-c3ccccc3)cc2)cc1)C(N)=O. The molecule has 0 spiro atoms. The molecule has 10 nitrogen and oxygen atoms in total. The first-order valence-electron chi connectivity index (χ1n) is 13.3. The van der Waals surface area contributed by atoms with Gasteiger partial charge < -0.3 is 27.2 Å². The first-order chi connectivity index (χ1) is 19.6. The predicted octanol–water partition coefficient (Wildman–Crippen LogP) is 2.54. The summed E-state index contributed by atoms with van der Waals surface area (Å²) in [4.78, 5) is 59.2. The molecule has 3 aromatic rings. The van der Waals surface area contributed by atoms with Crippen molar-refractivity contribution in [3.05, 3.63) is 84.4 Å². The smallest absolute Gasteiger partial charge is 0.303 e. The third kappa shape index (κ3) is 9.92. The molecule has 0 bridgehead atoms. The van der Waals surface area contributed by atoms with E-state index in [2.05, 4.69) is 47.0 Å². The van der Waals surface area contributed by atoms with Crippen LogP contribution in [0.2, 0.25) is 0 Å². The van der Waals surface area contributed by atoms with Gasteiger partial charge in [0.2, 0.25) is 23.6 Å². The molecule has 10 heteroatoms. The minimum absolute atomic E-state index is 0.0584. The van der Waals surface area contributed by atoms with Crippen molar-refractivity contribution < 1.29 is 29.1 Å². The summed E-state index contributed by atoms with van der Waals surface area (Å²) in [6, 6.07) is 23.8. The van der Waals surface area contributed by atoms with Gasteiger partial charge in [-0.05, 0) is 47.1 Å². The van der Waals surface area contributed by atoms with Crippen LogP contribution in [0.15, 0.2) is 78.9 Å². The molecule has 1 unspecified atom stereocenters. The fraction of sp³-hybridized carbons (Fsp3) is 0.258. The number of benzene rings is 3. The fourth-order valence-corrected chi connectivity index (χ4v) is 4.26. The summed E-state index contributed by atoms with van der Waals surface area (Å²) >= 11 is 0. The number of carboxylic acid groups (broad SMARTS) is 1. The molecular formula is C31H34N4O6. The Balaban J connectivity index is 1.57. The van der Waals surface area contributed by atoms with E-state index in [4.69, 9.17) is 16.6 Å². The van der Waals surface area contributed by atoms with Gasteiger partial charge in [0.1, 0.15) is 12.1 Å². The van der Waals surface area contributed by atoms with Crippen LogP contribution in [0.5, 0.6) is 0 Å². The van der Waals surface area contributed by atoms with Gasteiger partial charge in [-0.25, -0.2) is 0 Å². The number of carboxylic acids is 1. The van der Waals surface area contributed by atoms with Gasteiger partial charge in [-0.2, -0.15) is 0 Å². The molecule has 0 aliphatic heterocycles. The Hall–Kier alpha value is -4.99. The number of carbonyl (C=O) groups excluding carboxylic acids is 4. The lowest BCUT2D eigenvalue weighted by molar-refractivity contribution is -0.138. The van der Waals surface area contributed by atoms with Gasteiger partial charge in [-0.15, -0.1) is 0 Å². The second-order valence-electron chi connectivity index (χ2n) is 9.66. The third-order valence-corrected chi connectivity index (χ3v) is 6.56. The number of hydrogen-bond donors (Lipinski definition) is 5. The summed E-state index contributed by atoms with van der Waals surface area (Å²) in [6.45, 7) is 0.